The average molecular weight is 325 g/mol. The van der Waals surface area contributed by atoms with Crippen molar-refractivity contribution in [2.75, 3.05) is 24.5 Å². The van der Waals surface area contributed by atoms with E-state index < -0.39 is 0 Å². The Morgan fingerprint density at radius 1 is 1.26 bits per heavy atom. The second-order valence-corrected chi connectivity index (χ2v) is 6.31. The Kier molecular flexibility index (Phi) is 5.71. The number of hydrogen-bond acceptors (Lipinski definition) is 2. The number of halogens is 1. The molecule has 0 amide bonds. The third kappa shape index (κ3) is 3.96. The summed E-state index contributed by atoms with van der Waals surface area (Å²) in [4.78, 5) is 2.56. The highest BCUT2D eigenvalue weighted by atomic mass is 79.9. The van der Waals surface area contributed by atoms with Crippen molar-refractivity contribution >= 4 is 21.6 Å². The molecular formula is C16H25BrN2. The average Bonchev–Trinajstić information content (AvgIpc) is 2.45. The Morgan fingerprint density at radius 2 is 2.00 bits per heavy atom. The summed E-state index contributed by atoms with van der Waals surface area (Å²) in [5.41, 5.74) is 2.82. The molecule has 1 N–H and O–H groups in total. The molecule has 0 aliphatic carbocycles. The van der Waals surface area contributed by atoms with E-state index in [2.05, 4.69) is 58.2 Å². The highest BCUT2D eigenvalue weighted by Gasteiger charge is 2.19. The minimum absolute atomic E-state index is 0.934. The lowest BCUT2D eigenvalue weighted by molar-refractivity contribution is 0.394. The third-order valence-electron chi connectivity index (χ3n) is 4.14. The number of nitrogens with zero attached hydrogens (tertiary/aromatic N) is 1. The molecule has 1 aromatic rings. The van der Waals surface area contributed by atoms with Gasteiger partial charge in [-0.3, -0.25) is 0 Å². The molecule has 0 aromatic heterocycles. The van der Waals surface area contributed by atoms with Crippen LogP contribution in [-0.2, 0) is 6.54 Å². The van der Waals surface area contributed by atoms with Gasteiger partial charge in [0.2, 0.25) is 0 Å². The molecule has 0 bridgehead atoms. The molecule has 1 aliphatic rings. The molecule has 1 aliphatic heterocycles. The van der Waals surface area contributed by atoms with Crippen LogP contribution < -0.4 is 10.2 Å². The predicted molar refractivity (Wildman–Crippen MR) is 86.8 cm³/mol. The molecule has 0 unspecified atom stereocenters. The summed E-state index contributed by atoms with van der Waals surface area (Å²) in [6.07, 6.45) is 4.01. The van der Waals surface area contributed by atoms with Crippen LogP contribution in [0.3, 0.4) is 0 Å². The lowest BCUT2D eigenvalue weighted by atomic mass is 9.94. The summed E-state index contributed by atoms with van der Waals surface area (Å²) in [5, 5.41) is 3.44. The van der Waals surface area contributed by atoms with E-state index in [9.17, 15) is 0 Å². The zero-order chi connectivity index (χ0) is 13.7. The van der Waals surface area contributed by atoms with Crippen molar-refractivity contribution in [3.8, 4) is 0 Å². The van der Waals surface area contributed by atoms with Gasteiger partial charge in [-0.15, -0.1) is 0 Å². The zero-order valence-corrected chi connectivity index (χ0v) is 13.7. The standard InChI is InChI=1S/C16H25BrN2/c1-3-13-7-9-19(10-8-13)16-6-5-15(17)11-14(16)12-18-4-2/h5-6,11,13,18H,3-4,7-10,12H2,1-2H3. The summed E-state index contributed by atoms with van der Waals surface area (Å²) >= 11 is 3.59. The number of benzene rings is 1. The van der Waals surface area contributed by atoms with Crippen molar-refractivity contribution in [2.45, 2.75) is 39.7 Å². The quantitative estimate of drug-likeness (QED) is 0.873. The number of anilines is 1. The van der Waals surface area contributed by atoms with Crippen LogP contribution in [0.2, 0.25) is 0 Å². The summed E-state index contributed by atoms with van der Waals surface area (Å²) < 4.78 is 1.17. The van der Waals surface area contributed by atoms with Gasteiger partial charge in [-0.05, 0) is 49.1 Å². The fourth-order valence-corrected chi connectivity index (χ4v) is 3.25. The normalized spacial score (nSPS) is 16.9. The second-order valence-electron chi connectivity index (χ2n) is 5.39. The Labute approximate surface area is 125 Å². The van der Waals surface area contributed by atoms with Gasteiger partial charge in [0.05, 0.1) is 0 Å². The predicted octanol–water partition coefficient (Wildman–Crippen LogP) is 4.19. The van der Waals surface area contributed by atoms with Gasteiger partial charge in [0.15, 0.2) is 0 Å². The molecule has 1 fully saturated rings. The first-order valence-corrected chi connectivity index (χ1v) is 8.28. The number of nitrogens with one attached hydrogen (secondary N) is 1. The molecule has 1 heterocycles. The van der Waals surface area contributed by atoms with Crippen molar-refractivity contribution in [1.82, 2.24) is 5.32 Å². The molecule has 19 heavy (non-hydrogen) atoms. The van der Waals surface area contributed by atoms with Gasteiger partial charge in [-0.2, -0.15) is 0 Å². The monoisotopic (exact) mass is 324 g/mol. The van der Waals surface area contributed by atoms with Crippen LogP contribution in [0.4, 0.5) is 5.69 Å². The maximum Gasteiger partial charge on any atom is 0.0412 e. The van der Waals surface area contributed by atoms with Crippen molar-refractivity contribution in [3.63, 3.8) is 0 Å². The molecule has 0 saturated carbocycles. The molecule has 106 valence electrons. The SMILES string of the molecule is CCNCc1cc(Br)ccc1N1CCC(CC)CC1. The largest absolute Gasteiger partial charge is 0.371 e. The van der Waals surface area contributed by atoms with E-state index in [-0.39, 0.29) is 0 Å². The fraction of sp³-hybridized carbons (Fsp3) is 0.625. The number of piperidine rings is 1. The molecule has 0 spiro atoms. The Balaban J connectivity index is 2.10. The molecule has 1 saturated heterocycles. The van der Waals surface area contributed by atoms with Crippen LogP contribution in [0, 0.1) is 5.92 Å². The summed E-state index contributed by atoms with van der Waals surface area (Å²) in [5.74, 6) is 0.934. The van der Waals surface area contributed by atoms with Gasteiger partial charge < -0.3 is 10.2 Å². The summed E-state index contributed by atoms with van der Waals surface area (Å²) in [6, 6.07) is 6.68. The Morgan fingerprint density at radius 3 is 2.63 bits per heavy atom. The van der Waals surface area contributed by atoms with E-state index in [1.165, 1.54) is 48.1 Å². The highest BCUT2D eigenvalue weighted by molar-refractivity contribution is 9.10. The highest BCUT2D eigenvalue weighted by Crippen LogP contribution is 2.29. The zero-order valence-electron chi connectivity index (χ0n) is 12.1. The van der Waals surface area contributed by atoms with Crippen LogP contribution in [0.25, 0.3) is 0 Å². The van der Waals surface area contributed by atoms with Gasteiger partial charge in [-0.1, -0.05) is 36.2 Å². The molecule has 2 rings (SSSR count). The van der Waals surface area contributed by atoms with Gasteiger partial charge in [0.25, 0.3) is 0 Å². The van der Waals surface area contributed by atoms with E-state index >= 15 is 0 Å². The molecule has 0 radical (unpaired) electrons. The summed E-state index contributed by atoms with van der Waals surface area (Å²) in [6.45, 7) is 8.86. The summed E-state index contributed by atoms with van der Waals surface area (Å²) in [7, 11) is 0. The first-order valence-electron chi connectivity index (χ1n) is 7.48. The van der Waals surface area contributed by atoms with Crippen LogP contribution >= 0.6 is 15.9 Å². The topological polar surface area (TPSA) is 15.3 Å². The second kappa shape index (κ2) is 7.30. The maximum atomic E-state index is 3.59. The molecule has 0 atom stereocenters. The van der Waals surface area contributed by atoms with Crippen molar-refractivity contribution < 1.29 is 0 Å². The number of rotatable bonds is 5. The van der Waals surface area contributed by atoms with Crippen molar-refractivity contribution in [1.29, 1.82) is 0 Å². The third-order valence-corrected chi connectivity index (χ3v) is 4.63. The molecule has 2 nitrogen and oxygen atoms in total. The van der Waals surface area contributed by atoms with Crippen LogP contribution in [-0.4, -0.2) is 19.6 Å². The fourth-order valence-electron chi connectivity index (χ4n) is 2.85. The lowest BCUT2D eigenvalue weighted by Gasteiger charge is -2.34. The molecule has 3 heteroatoms. The number of hydrogen-bond donors (Lipinski definition) is 1. The van der Waals surface area contributed by atoms with E-state index in [0.29, 0.717) is 0 Å². The van der Waals surface area contributed by atoms with E-state index in [0.717, 1.165) is 19.0 Å². The van der Waals surface area contributed by atoms with Crippen LogP contribution in [0.15, 0.2) is 22.7 Å². The molecular weight excluding hydrogens is 300 g/mol. The van der Waals surface area contributed by atoms with Crippen molar-refractivity contribution in [3.05, 3.63) is 28.2 Å². The smallest absolute Gasteiger partial charge is 0.0412 e. The van der Waals surface area contributed by atoms with E-state index in [1.54, 1.807) is 0 Å². The maximum absolute atomic E-state index is 3.59. The van der Waals surface area contributed by atoms with Crippen molar-refractivity contribution in [2.24, 2.45) is 5.92 Å². The van der Waals surface area contributed by atoms with Gasteiger partial charge in [0, 0.05) is 29.8 Å². The minimum Gasteiger partial charge on any atom is -0.371 e. The minimum atomic E-state index is 0.934. The lowest BCUT2D eigenvalue weighted by Crippen LogP contribution is -2.34. The first-order chi connectivity index (χ1) is 9.24. The first kappa shape index (κ1) is 14.9. The van der Waals surface area contributed by atoms with E-state index in [4.69, 9.17) is 0 Å². The van der Waals surface area contributed by atoms with Crippen LogP contribution in [0.5, 0.6) is 0 Å². The Bertz CT molecular complexity index is 398. The van der Waals surface area contributed by atoms with Gasteiger partial charge >= 0.3 is 0 Å². The van der Waals surface area contributed by atoms with Gasteiger partial charge in [-0.25, -0.2) is 0 Å². The van der Waals surface area contributed by atoms with Gasteiger partial charge in [0.1, 0.15) is 0 Å². The van der Waals surface area contributed by atoms with Crippen LogP contribution in [0.1, 0.15) is 38.7 Å². The molecule has 1 aromatic carbocycles. The van der Waals surface area contributed by atoms with E-state index in [1.807, 2.05) is 0 Å². The Hall–Kier alpha value is -0.540.